The average molecular weight is 515 g/mol. The fraction of sp³-hybridized carbons (Fsp3) is 0.571. The molecule has 0 aromatic carbocycles. The summed E-state index contributed by atoms with van der Waals surface area (Å²) in [5.74, 6) is -6.27. The van der Waals surface area contributed by atoms with Crippen LogP contribution in [0.4, 0.5) is 0 Å². The van der Waals surface area contributed by atoms with Gasteiger partial charge < -0.3 is 40.0 Å². The van der Waals surface area contributed by atoms with Crippen LogP contribution in [-0.2, 0) is 52.5 Å². The van der Waals surface area contributed by atoms with E-state index in [1.54, 1.807) is 0 Å². The second-order valence-electron chi connectivity index (χ2n) is 7.65. The Bertz CT molecular complexity index is 905. The Hall–Kier alpha value is -4.01. The lowest BCUT2D eigenvalue weighted by Gasteiger charge is -2.45. The number of amides is 3. The summed E-state index contributed by atoms with van der Waals surface area (Å²) < 4.78 is 21.2. The second-order valence-corrected chi connectivity index (χ2v) is 7.65. The number of carboxylic acids is 1. The van der Waals surface area contributed by atoms with Gasteiger partial charge in [-0.05, 0) is 6.08 Å². The third-order valence-corrected chi connectivity index (χ3v) is 4.61. The Labute approximate surface area is 205 Å². The van der Waals surface area contributed by atoms with Crippen LogP contribution in [0.5, 0.6) is 0 Å². The van der Waals surface area contributed by atoms with Crippen molar-refractivity contribution in [3.63, 3.8) is 0 Å². The Kier molecular flexibility index (Phi) is 11.5. The molecule has 15 nitrogen and oxygen atoms in total. The second kappa shape index (κ2) is 13.8. The van der Waals surface area contributed by atoms with Gasteiger partial charge in [-0.1, -0.05) is 6.58 Å². The van der Waals surface area contributed by atoms with Gasteiger partial charge in [0, 0.05) is 27.7 Å². The summed E-state index contributed by atoms with van der Waals surface area (Å²) in [5.41, 5.74) is 0. The summed E-state index contributed by atoms with van der Waals surface area (Å²) in [5, 5.41) is 16.2. The van der Waals surface area contributed by atoms with E-state index in [2.05, 4.69) is 22.5 Å². The summed E-state index contributed by atoms with van der Waals surface area (Å²) in [6.07, 6.45) is -5.44. The van der Waals surface area contributed by atoms with E-state index in [1.807, 2.05) is 0 Å². The van der Waals surface area contributed by atoms with E-state index < -0.39 is 91.2 Å². The van der Waals surface area contributed by atoms with Gasteiger partial charge in [-0.15, -0.1) is 0 Å². The van der Waals surface area contributed by atoms with Crippen LogP contribution in [0.1, 0.15) is 34.1 Å². The number of carbonyl (C=O) groups excluding carboxylic acids is 6. The van der Waals surface area contributed by atoms with Crippen molar-refractivity contribution in [3.8, 4) is 0 Å². The van der Waals surface area contributed by atoms with E-state index in [0.717, 1.165) is 33.8 Å². The Morgan fingerprint density at radius 3 is 2.00 bits per heavy atom. The number of carboxylic acid groups (broad SMARTS) is 1. The van der Waals surface area contributed by atoms with Gasteiger partial charge in [0.05, 0.1) is 6.42 Å². The summed E-state index contributed by atoms with van der Waals surface area (Å²) in [6, 6.07) is -2.95. The lowest BCUT2D eigenvalue weighted by atomic mass is 9.95. The van der Waals surface area contributed by atoms with Crippen LogP contribution in [0, 0.1) is 0 Å². The lowest BCUT2D eigenvalue weighted by Crippen LogP contribution is -2.69. The van der Waals surface area contributed by atoms with Crippen molar-refractivity contribution in [2.24, 2.45) is 0 Å². The van der Waals surface area contributed by atoms with E-state index >= 15 is 0 Å². The zero-order valence-electron chi connectivity index (χ0n) is 20.1. The molecule has 3 amide bonds. The van der Waals surface area contributed by atoms with Crippen molar-refractivity contribution < 1.29 is 57.6 Å². The highest BCUT2D eigenvalue weighted by molar-refractivity contribution is 5.93. The lowest BCUT2D eigenvalue weighted by molar-refractivity contribution is -0.228. The average Bonchev–Trinajstić information content (AvgIpc) is 2.74. The van der Waals surface area contributed by atoms with Crippen LogP contribution in [-0.4, -0.2) is 89.9 Å². The highest BCUT2D eigenvalue weighted by atomic mass is 16.6. The zero-order valence-corrected chi connectivity index (χ0v) is 20.1. The monoisotopic (exact) mass is 515 g/mol. The minimum Gasteiger partial charge on any atom is -0.480 e. The first-order chi connectivity index (χ1) is 16.7. The van der Waals surface area contributed by atoms with E-state index in [9.17, 15) is 38.7 Å². The van der Waals surface area contributed by atoms with Gasteiger partial charge in [0.15, 0.2) is 18.4 Å². The number of carbonyl (C=O) groups is 7. The number of ether oxygens (including phenoxy) is 4. The number of aliphatic carboxylic acids is 1. The van der Waals surface area contributed by atoms with Crippen molar-refractivity contribution in [3.05, 3.63) is 12.7 Å². The normalized spacial score (nSPS) is 23.7. The van der Waals surface area contributed by atoms with Crippen LogP contribution in [0.2, 0.25) is 0 Å². The molecule has 4 N–H and O–H groups in total. The first-order valence-electron chi connectivity index (χ1n) is 10.6. The molecule has 1 rings (SSSR count). The maximum absolute atomic E-state index is 12.7. The van der Waals surface area contributed by atoms with Gasteiger partial charge in [-0.3, -0.25) is 28.8 Å². The molecule has 6 atom stereocenters. The molecule has 36 heavy (non-hydrogen) atoms. The van der Waals surface area contributed by atoms with Crippen molar-refractivity contribution in [1.29, 1.82) is 0 Å². The smallest absolute Gasteiger partial charge is 0.326 e. The predicted molar refractivity (Wildman–Crippen MR) is 117 cm³/mol. The molecule has 1 saturated heterocycles. The summed E-state index contributed by atoms with van der Waals surface area (Å²) in [4.78, 5) is 82.4. The van der Waals surface area contributed by atoms with Crippen molar-refractivity contribution >= 4 is 41.6 Å². The molecule has 0 aliphatic carbocycles. The van der Waals surface area contributed by atoms with Gasteiger partial charge in [0.1, 0.15) is 24.8 Å². The number of hydrogen-bond acceptors (Lipinski definition) is 11. The topological polar surface area (TPSA) is 213 Å². The number of hydrogen-bond donors (Lipinski definition) is 4. The van der Waals surface area contributed by atoms with E-state index in [4.69, 9.17) is 18.9 Å². The summed E-state index contributed by atoms with van der Waals surface area (Å²) in [6.45, 7) is 7.07. The van der Waals surface area contributed by atoms with Crippen LogP contribution < -0.4 is 16.0 Å². The minimum atomic E-state index is -1.63. The number of rotatable bonds is 11. The predicted octanol–water partition coefficient (Wildman–Crippen LogP) is -2.10. The highest BCUT2D eigenvalue weighted by Gasteiger charge is 2.51. The molecule has 1 aliphatic heterocycles. The summed E-state index contributed by atoms with van der Waals surface area (Å²) >= 11 is 0. The fourth-order valence-corrected chi connectivity index (χ4v) is 3.29. The van der Waals surface area contributed by atoms with Crippen LogP contribution >= 0.6 is 0 Å². The first kappa shape index (κ1) is 30.0. The van der Waals surface area contributed by atoms with E-state index in [1.165, 1.54) is 0 Å². The molecule has 0 unspecified atom stereocenters. The molecular weight excluding hydrogens is 486 g/mol. The fourth-order valence-electron chi connectivity index (χ4n) is 3.29. The molecular formula is C21H29N3O12. The maximum Gasteiger partial charge on any atom is 0.326 e. The Morgan fingerprint density at radius 1 is 0.944 bits per heavy atom. The van der Waals surface area contributed by atoms with Gasteiger partial charge >= 0.3 is 23.9 Å². The van der Waals surface area contributed by atoms with E-state index in [0.29, 0.717) is 0 Å². The SMILES string of the molecule is C=CC(=O)N[C@@H](CC(=O)N[C@@H]1O[C@H](COC(C)=O)[C@@H](OC(C)=O)[C@H](OC(C)=O)[C@H]1NC(C)=O)C(=O)O. The number of esters is 3. The molecule has 1 fully saturated rings. The molecule has 0 spiro atoms. The van der Waals surface area contributed by atoms with Crippen LogP contribution in [0.15, 0.2) is 12.7 Å². The largest absolute Gasteiger partial charge is 0.480 e. The molecule has 0 aromatic heterocycles. The third kappa shape index (κ3) is 9.69. The first-order valence-corrected chi connectivity index (χ1v) is 10.6. The maximum atomic E-state index is 12.7. The Balaban J connectivity index is 3.32. The van der Waals surface area contributed by atoms with Crippen LogP contribution in [0.3, 0.4) is 0 Å². The van der Waals surface area contributed by atoms with Gasteiger partial charge in [-0.25, -0.2) is 4.79 Å². The molecule has 0 radical (unpaired) electrons. The quantitative estimate of drug-likeness (QED) is 0.132. The molecule has 200 valence electrons. The molecule has 15 heteroatoms. The standard InChI is InChI=1S/C21H29N3O12/c1-6-15(29)23-13(21(31)32)7-16(30)24-20-17(22-9(2)25)19(35-12(5)28)18(34-11(4)27)14(36-20)8-33-10(3)26/h6,13-14,17-20H,1,7-8H2,2-5H3,(H,22,25)(H,23,29)(H,24,30)(H,31,32)/t13-,14+,17+,18+,19+,20+/m0/s1. The minimum absolute atomic E-state index is 0.489. The molecule has 0 aromatic rings. The van der Waals surface area contributed by atoms with E-state index in [-0.39, 0.29) is 0 Å². The van der Waals surface area contributed by atoms with Gasteiger partial charge in [0.2, 0.25) is 17.7 Å². The van der Waals surface area contributed by atoms with Gasteiger partial charge in [-0.2, -0.15) is 0 Å². The molecule has 0 bridgehead atoms. The van der Waals surface area contributed by atoms with Crippen molar-refractivity contribution in [2.45, 2.75) is 70.7 Å². The van der Waals surface area contributed by atoms with Crippen molar-refractivity contribution in [2.75, 3.05) is 6.61 Å². The zero-order chi connectivity index (χ0) is 27.6. The molecule has 0 saturated carbocycles. The summed E-state index contributed by atoms with van der Waals surface area (Å²) in [7, 11) is 0. The van der Waals surface area contributed by atoms with Crippen LogP contribution in [0.25, 0.3) is 0 Å². The number of nitrogens with one attached hydrogen (secondary N) is 3. The molecule has 1 heterocycles. The van der Waals surface area contributed by atoms with Gasteiger partial charge in [0.25, 0.3) is 0 Å². The van der Waals surface area contributed by atoms with Crippen molar-refractivity contribution in [1.82, 2.24) is 16.0 Å². The third-order valence-electron chi connectivity index (χ3n) is 4.61. The highest BCUT2D eigenvalue weighted by Crippen LogP contribution is 2.26. The Morgan fingerprint density at radius 2 is 1.53 bits per heavy atom. The molecule has 1 aliphatic rings.